The highest BCUT2D eigenvalue weighted by atomic mass is 16.4. The third kappa shape index (κ3) is 4.54. The Kier molecular flexibility index (Phi) is 6.56. The summed E-state index contributed by atoms with van der Waals surface area (Å²) in [5.41, 5.74) is 8.58. The molecule has 2 aromatic heterocycles. The number of hydrogen-bond donors (Lipinski definition) is 3. The molecule has 0 saturated heterocycles. The number of carbonyl (C=O) groups excluding carboxylic acids is 2. The van der Waals surface area contributed by atoms with Gasteiger partial charge in [-0.25, -0.2) is 4.79 Å². The van der Waals surface area contributed by atoms with Crippen LogP contribution in [0.1, 0.15) is 41.7 Å². The lowest BCUT2D eigenvalue weighted by molar-refractivity contribution is -0.122. The number of hydrogen-bond acceptors (Lipinski definition) is 6. The summed E-state index contributed by atoms with van der Waals surface area (Å²) in [5.74, 6) is 0.467. The molecule has 4 N–H and O–H groups in total. The maximum atomic E-state index is 12.2. The lowest BCUT2D eigenvalue weighted by Crippen LogP contribution is -2.29. The van der Waals surface area contributed by atoms with Gasteiger partial charge in [0.25, 0.3) is 0 Å². The Balaban J connectivity index is 1.74. The number of benzene rings is 1. The molecule has 160 valence electrons. The zero-order valence-corrected chi connectivity index (χ0v) is 17.5. The van der Waals surface area contributed by atoms with Crippen LogP contribution in [-0.4, -0.2) is 24.9 Å². The van der Waals surface area contributed by atoms with Gasteiger partial charge in [0, 0.05) is 60.4 Å². The van der Waals surface area contributed by atoms with E-state index in [9.17, 15) is 14.4 Å². The van der Waals surface area contributed by atoms with Crippen LogP contribution in [0.5, 0.6) is 0 Å². The fourth-order valence-corrected chi connectivity index (χ4v) is 3.56. The van der Waals surface area contributed by atoms with Crippen LogP contribution in [0.3, 0.4) is 0 Å². The minimum absolute atomic E-state index is 0.103. The molecule has 0 bridgehead atoms. The lowest BCUT2D eigenvalue weighted by atomic mass is 10.0. The highest BCUT2D eigenvalue weighted by molar-refractivity contribution is 6.00. The monoisotopic (exact) mass is 413 g/mol. The molecule has 0 saturated carbocycles. The van der Waals surface area contributed by atoms with Crippen molar-refractivity contribution < 1.29 is 18.4 Å². The Morgan fingerprint density at radius 2 is 1.63 bits per heavy atom. The Hall–Kier alpha value is -3.13. The first-order chi connectivity index (χ1) is 14.3. The number of furan rings is 1. The fraction of sp³-hybridized carbons (Fsp3) is 0.409. The molecule has 0 aliphatic carbocycles. The van der Waals surface area contributed by atoms with Gasteiger partial charge in [-0.1, -0.05) is 0 Å². The van der Waals surface area contributed by atoms with Gasteiger partial charge >= 0.3 is 5.63 Å². The van der Waals surface area contributed by atoms with Gasteiger partial charge in [-0.3, -0.25) is 9.59 Å². The molecular formula is C22H27N3O5. The standard InChI is InChI=1S/C22H27N3O5/c1-12-9-20(28)30-21-13(2)22-16(10-15(12)21)17(14(3)29-22)11-25-19(27)6-4-5-18(26)24-8-7-23/h9-10H,4-8,11,23H2,1-3H3,(H,24,26)(H,25,27). The Morgan fingerprint density at radius 1 is 0.967 bits per heavy atom. The van der Waals surface area contributed by atoms with Crippen LogP contribution in [-0.2, 0) is 16.1 Å². The number of rotatable bonds is 8. The molecule has 0 radical (unpaired) electrons. The van der Waals surface area contributed by atoms with Crippen molar-refractivity contribution >= 4 is 33.8 Å². The number of fused-ring (bicyclic) bond motifs is 2. The summed E-state index contributed by atoms with van der Waals surface area (Å²) in [5, 5.41) is 7.31. The van der Waals surface area contributed by atoms with E-state index in [-0.39, 0.29) is 24.7 Å². The SMILES string of the molecule is Cc1oc2c(C)c3oc(=O)cc(C)c3cc2c1CNC(=O)CCCC(=O)NCCN. The molecule has 2 heterocycles. The molecule has 0 spiro atoms. The van der Waals surface area contributed by atoms with Crippen molar-refractivity contribution in [3.8, 4) is 0 Å². The first kappa shape index (κ1) is 21.6. The van der Waals surface area contributed by atoms with E-state index in [1.165, 1.54) is 6.07 Å². The molecular weight excluding hydrogens is 386 g/mol. The summed E-state index contributed by atoms with van der Waals surface area (Å²) in [6.07, 6.45) is 1.02. The third-order valence-corrected chi connectivity index (χ3v) is 5.16. The van der Waals surface area contributed by atoms with Crippen molar-refractivity contribution in [2.45, 2.75) is 46.6 Å². The minimum Gasteiger partial charge on any atom is -0.461 e. The van der Waals surface area contributed by atoms with Crippen molar-refractivity contribution in [3.63, 3.8) is 0 Å². The number of nitrogens with one attached hydrogen (secondary N) is 2. The molecule has 30 heavy (non-hydrogen) atoms. The van der Waals surface area contributed by atoms with Gasteiger partial charge in [-0.15, -0.1) is 0 Å². The van der Waals surface area contributed by atoms with Crippen LogP contribution in [0.4, 0.5) is 0 Å². The second-order valence-electron chi connectivity index (χ2n) is 7.41. The van der Waals surface area contributed by atoms with E-state index in [2.05, 4.69) is 10.6 Å². The summed E-state index contributed by atoms with van der Waals surface area (Å²) in [6.45, 7) is 6.71. The van der Waals surface area contributed by atoms with Crippen LogP contribution < -0.4 is 22.0 Å². The second-order valence-corrected chi connectivity index (χ2v) is 7.41. The van der Waals surface area contributed by atoms with E-state index in [0.717, 1.165) is 27.5 Å². The summed E-state index contributed by atoms with van der Waals surface area (Å²) in [6, 6.07) is 3.40. The molecule has 3 rings (SSSR count). The largest absolute Gasteiger partial charge is 0.461 e. The third-order valence-electron chi connectivity index (χ3n) is 5.16. The van der Waals surface area contributed by atoms with Crippen LogP contribution in [0.2, 0.25) is 0 Å². The predicted molar refractivity (Wildman–Crippen MR) is 114 cm³/mol. The zero-order valence-electron chi connectivity index (χ0n) is 17.5. The van der Waals surface area contributed by atoms with E-state index in [4.69, 9.17) is 14.6 Å². The fourth-order valence-electron chi connectivity index (χ4n) is 3.56. The van der Waals surface area contributed by atoms with E-state index < -0.39 is 5.63 Å². The quantitative estimate of drug-likeness (QED) is 0.486. The first-order valence-electron chi connectivity index (χ1n) is 10.0. The Labute approximate surface area is 173 Å². The Bertz CT molecular complexity index is 1160. The minimum atomic E-state index is -0.394. The van der Waals surface area contributed by atoms with E-state index in [1.807, 2.05) is 26.8 Å². The van der Waals surface area contributed by atoms with Crippen LogP contribution in [0.15, 0.2) is 25.8 Å². The molecule has 3 aromatic rings. The Morgan fingerprint density at radius 3 is 2.33 bits per heavy atom. The van der Waals surface area contributed by atoms with Gasteiger partial charge in [0.15, 0.2) is 0 Å². The number of amides is 2. The highest BCUT2D eigenvalue weighted by Gasteiger charge is 2.18. The van der Waals surface area contributed by atoms with Crippen LogP contribution >= 0.6 is 0 Å². The summed E-state index contributed by atoms with van der Waals surface area (Å²) in [7, 11) is 0. The van der Waals surface area contributed by atoms with Gasteiger partial charge in [-0.05, 0) is 38.8 Å². The van der Waals surface area contributed by atoms with E-state index in [1.54, 1.807) is 0 Å². The topological polar surface area (TPSA) is 128 Å². The van der Waals surface area contributed by atoms with E-state index in [0.29, 0.717) is 43.0 Å². The van der Waals surface area contributed by atoms with Crippen molar-refractivity contribution in [2.24, 2.45) is 5.73 Å². The van der Waals surface area contributed by atoms with Crippen LogP contribution in [0.25, 0.3) is 21.9 Å². The van der Waals surface area contributed by atoms with Gasteiger partial charge in [-0.2, -0.15) is 0 Å². The smallest absolute Gasteiger partial charge is 0.336 e. The zero-order chi connectivity index (χ0) is 21.8. The molecule has 8 nitrogen and oxygen atoms in total. The maximum Gasteiger partial charge on any atom is 0.336 e. The van der Waals surface area contributed by atoms with Gasteiger partial charge in [0.2, 0.25) is 11.8 Å². The second kappa shape index (κ2) is 9.13. The normalized spacial score (nSPS) is 11.2. The first-order valence-corrected chi connectivity index (χ1v) is 10.0. The number of aryl methyl sites for hydroxylation is 3. The molecule has 8 heteroatoms. The summed E-state index contributed by atoms with van der Waals surface area (Å²) in [4.78, 5) is 35.5. The molecule has 0 unspecified atom stereocenters. The van der Waals surface area contributed by atoms with Crippen LogP contribution in [0, 0.1) is 20.8 Å². The lowest BCUT2D eigenvalue weighted by Gasteiger charge is -2.07. The van der Waals surface area contributed by atoms with Gasteiger partial charge < -0.3 is 25.2 Å². The molecule has 0 aliphatic heterocycles. The summed E-state index contributed by atoms with van der Waals surface area (Å²) < 4.78 is 11.3. The van der Waals surface area contributed by atoms with Crippen molar-refractivity contribution in [1.29, 1.82) is 0 Å². The molecule has 0 atom stereocenters. The number of nitrogens with two attached hydrogens (primary N) is 1. The number of carbonyl (C=O) groups is 2. The molecule has 1 aromatic carbocycles. The van der Waals surface area contributed by atoms with Gasteiger partial charge in [0.1, 0.15) is 16.9 Å². The molecule has 2 amide bonds. The predicted octanol–water partition coefficient (Wildman–Crippen LogP) is 2.33. The summed E-state index contributed by atoms with van der Waals surface area (Å²) >= 11 is 0. The van der Waals surface area contributed by atoms with E-state index >= 15 is 0 Å². The van der Waals surface area contributed by atoms with Crippen molar-refractivity contribution in [3.05, 3.63) is 45.0 Å². The maximum absolute atomic E-state index is 12.2. The van der Waals surface area contributed by atoms with Crippen molar-refractivity contribution in [1.82, 2.24) is 10.6 Å². The average Bonchev–Trinajstić information content (AvgIpc) is 3.01. The average molecular weight is 413 g/mol. The molecule has 0 fully saturated rings. The van der Waals surface area contributed by atoms with Gasteiger partial charge in [0.05, 0.1) is 0 Å². The molecule has 0 aliphatic rings. The van der Waals surface area contributed by atoms with Crippen molar-refractivity contribution in [2.75, 3.05) is 13.1 Å². The highest BCUT2D eigenvalue weighted by Crippen LogP contribution is 2.34.